The zero-order chi connectivity index (χ0) is 22.5. The summed E-state index contributed by atoms with van der Waals surface area (Å²) in [6, 6.07) is 15.1. The predicted molar refractivity (Wildman–Crippen MR) is 122 cm³/mol. The van der Waals surface area contributed by atoms with Crippen molar-refractivity contribution < 1.29 is 9.53 Å². The molecule has 1 N–H and O–H groups in total. The largest absolute Gasteiger partial charge is 0.495 e. The summed E-state index contributed by atoms with van der Waals surface area (Å²) in [5.41, 5.74) is 5.16. The first-order valence-electron chi connectivity index (χ1n) is 9.68. The van der Waals surface area contributed by atoms with Crippen LogP contribution in [0.25, 0.3) is 6.08 Å². The van der Waals surface area contributed by atoms with Crippen LogP contribution < -0.4 is 10.1 Å². The zero-order valence-electron chi connectivity index (χ0n) is 17.9. The van der Waals surface area contributed by atoms with Gasteiger partial charge in [0.2, 0.25) is 0 Å². The van der Waals surface area contributed by atoms with E-state index in [1.807, 2.05) is 31.5 Å². The number of aromatic nitrogens is 2. The Morgan fingerprint density at radius 2 is 1.94 bits per heavy atom. The smallest absolute Gasteiger partial charge is 0.266 e. The van der Waals surface area contributed by atoms with Gasteiger partial charge in [0.05, 0.1) is 24.4 Å². The number of rotatable bonds is 6. The molecule has 0 aliphatic rings. The van der Waals surface area contributed by atoms with Gasteiger partial charge in [-0.2, -0.15) is 10.4 Å². The molecule has 31 heavy (non-hydrogen) atoms. The molecule has 1 amide bonds. The molecule has 2 aromatic carbocycles. The number of amides is 1. The van der Waals surface area contributed by atoms with Gasteiger partial charge < -0.3 is 10.1 Å². The zero-order valence-corrected chi connectivity index (χ0v) is 18.6. The number of halogens is 1. The molecule has 1 aromatic heterocycles. The van der Waals surface area contributed by atoms with Crippen molar-refractivity contribution in [1.82, 2.24) is 9.78 Å². The van der Waals surface area contributed by atoms with Gasteiger partial charge >= 0.3 is 0 Å². The number of ether oxygens (including phenoxy) is 1. The van der Waals surface area contributed by atoms with E-state index in [2.05, 4.69) is 34.7 Å². The minimum Gasteiger partial charge on any atom is -0.495 e. The quantitative estimate of drug-likeness (QED) is 0.434. The summed E-state index contributed by atoms with van der Waals surface area (Å²) in [6.07, 6.45) is 1.57. The molecule has 1 heterocycles. The Labute approximate surface area is 186 Å². The minimum absolute atomic E-state index is 0.0203. The highest BCUT2D eigenvalue weighted by molar-refractivity contribution is 6.32. The topological polar surface area (TPSA) is 79.9 Å². The number of benzene rings is 2. The van der Waals surface area contributed by atoms with Gasteiger partial charge in [-0.15, -0.1) is 0 Å². The Bertz CT molecular complexity index is 1190. The molecule has 0 saturated heterocycles. The third-order valence-electron chi connectivity index (χ3n) is 4.95. The lowest BCUT2D eigenvalue weighted by atomic mass is 10.1. The fourth-order valence-electron chi connectivity index (χ4n) is 3.18. The van der Waals surface area contributed by atoms with E-state index < -0.39 is 5.91 Å². The number of nitrogens with one attached hydrogen (secondary N) is 1. The average molecular weight is 435 g/mol. The summed E-state index contributed by atoms with van der Waals surface area (Å²) < 4.78 is 6.99. The molecule has 158 valence electrons. The van der Waals surface area contributed by atoms with Gasteiger partial charge in [-0.1, -0.05) is 41.4 Å². The molecular weight excluding hydrogens is 412 g/mol. The van der Waals surface area contributed by atoms with Crippen LogP contribution in [0.2, 0.25) is 5.02 Å². The van der Waals surface area contributed by atoms with Crippen LogP contribution in [0.4, 0.5) is 5.69 Å². The molecule has 6 nitrogen and oxygen atoms in total. The molecule has 7 heteroatoms. The van der Waals surface area contributed by atoms with Crippen molar-refractivity contribution >= 4 is 29.3 Å². The molecule has 0 unspecified atom stereocenters. The van der Waals surface area contributed by atoms with Crippen molar-refractivity contribution in [3.63, 3.8) is 0 Å². The highest BCUT2D eigenvalue weighted by Crippen LogP contribution is 2.27. The number of carbonyl (C=O) groups excluding carboxylic acids is 1. The Morgan fingerprint density at radius 1 is 1.23 bits per heavy atom. The lowest BCUT2D eigenvalue weighted by Gasteiger charge is -2.08. The Kier molecular flexibility index (Phi) is 6.78. The van der Waals surface area contributed by atoms with Crippen molar-refractivity contribution in [2.45, 2.75) is 27.3 Å². The molecule has 0 bridgehead atoms. The Hall–Kier alpha value is -3.56. The summed E-state index contributed by atoms with van der Waals surface area (Å²) in [4.78, 5) is 12.7. The van der Waals surface area contributed by atoms with Gasteiger partial charge in [0.15, 0.2) is 0 Å². The first-order valence-corrected chi connectivity index (χ1v) is 10.1. The predicted octanol–water partition coefficient (Wildman–Crippen LogP) is 5.06. The lowest BCUT2D eigenvalue weighted by molar-refractivity contribution is -0.112. The second kappa shape index (κ2) is 9.50. The van der Waals surface area contributed by atoms with Crippen LogP contribution in [-0.4, -0.2) is 22.8 Å². The second-order valence-electron chi connectivity index (χ2n) is 7.20. The second-order valence-corrected chi connectivity index (χ2v) is 7.61. The number of hydrogen-bond acceptors (Lipinski definition) is 4. The van der Waals surface area contributed by atoms with Crippen LogP contribution in [0.3, 0.4) is 0 Å². The van der Waals surface area contributed by atoms with Crippen molar-refractivity contribution in [2.24, 2.45) is 0 Å². The first kappa shape index (κ1) is 22.1. The fraction of sp³-hybridized carbons (Fsp3) is 0.208. The van der Waals surface area contributed by atoms with Crippen molar-refractivity contribution in [3.05, 3.63) is 81.1 Å². The van der Waals surface area contributed by atoms with E-state index >= 15 is 0 Å². The summed E-state index contributed by atoms with van der Waals surface area (Å²) in [5, 5.41) is 17.2. The number of nitrogens with zero attached hydrogens (tertiary/aromatic N) is 3. The van der Waals surface area contributed by atoms with Gasteiger partial charge in [0.1, 0.15) is 17.4 Å². The van der Waals surface area contributed by atoms with Gasteiger partial charge in [0, 0.05) is 16.9 Å². The number of nitriles is 1. The number of hydrogen-bond donors (Lipinski definition) is 1. The highest BCUT2D eigenvalue weighted by atomic mass is 35.5. The minimum atomic E-state index is -0.520. The first-order chi connectivity index (χ1) is 14.8. The Balaban J connectivity index is 1.84. The monoisotopic (exact) mass is 434 g/mol. The molecule has 0 fully saturated rings. The van der Waals surface area contributed by atoms with Crippen LogP contribution in [0.1, 0.15) is 28.1 Å². The summed E-state index contributed by atoms with van der Waals surface area (Å²) in [7, 11) is 1.51. The van der Waals surface area contributed by atoms with Crippen LogP contribution in [0, 0.1) is 32.1 Å². The van der Waals surface area contributed by atoms with Crippen LogP contribution in [-0.2, 0) is 11.3 Å². The number of aryl methyl sites for hydroxylation is 2. The number of methoxy groups -OCH3 is 1. The summed E-state index contributed by atoms with van der Waals surface area (Å²) in [6.45, 7) is 6.44. The van der Waals surface area contributed by atoms with Crippen molar-refractivity contribution in [2.75, 3.05) is 12.4 Å². The molecule has 0 saturated carbocycles. The molecule has 0 atom stereocenters. The maximum Gasteiger partial charge on any atom is 0.266 e. The molecule has 0 aliphatic carbocycles. The van der Waals surface area contributed by atoms with Crippen LogP contribution in [0.15, 0.2) is 48.0 Å². The van der Waals surface area contributed by atoms with E-state index in [1.54, 1.807) is 24.3 Å². The van der Waals surface area contributed by atoms with E-state index in [4.69, 9.17) is 16.3 Å². The maximum atomic E-state index is 12.7. The maximum absolute atomic E-state index is 12.7. The van der Waals surface area contributed by atoms with E-state index in [0.29, 0.717) is 23.0 Å². The molecule has 0 radical (unpaired) electrons. The van der Waals surface area contributed by atoms with Crippen LogP contribution >= 0.6 is 11.6 Å². The van der Waals surface area contributed by atoms with E-state index in [0.717, 1.165) is 22.5 Å². The standard InChI is InChI=1S/C24H23ClN4O2/c1-15-5-7-18(8-6-15)14-29-17(3)21(16(2)28-29)11-19(13-26)24(30)27-20-9-10-23(31-4)22(25)12-20/h5-12H,14H2,1-4H3,(H,27,30)/b19-11+. The summed E-state index contributed by atoms with van der Waals surface area (Å²) >= 11 is 6.11. The number of carbonyl (C=O) groups is 1. The van der Waals surface area contributed by atoms with Gasteiger partial charge in [-0.3, -0.25) is 9.48 Å². The molecule has 0 aliphatic heterocycles. The number of anilines is 1. The third-order valence-corrected chi connectivity index (χ3v) is 5.25. The van der Waals surface area contributed by atoms with E-state index in [-0.39, 0.29) is 5.57 Å². The van der Waals surface area contributed by atoms with E-state index in [9.17, 15) is 10.1 Å². The molecule has 3 rings (SSSR count). The normalized spacial score (nSPS) is 11.2. The molecular formula is C24H23ClN4O2. The van der Waals surface area contributed by atoms with Gasteiger partial charge in [0.25, 0.3) is 5.91 Å². The Morgan fingerprint density at radius 3 is 2.55 bits per heavy atom. The van der Waals surface area contributed by atoms with E-state index in [1.165, 1.54) is 12.7 Å². The third kappa shape index (κ3) is 5.14. The van der Waals surface area contributed by atoms with Crippen molar-refractivity contribution in [1.29, 1.82) is 5.26 Å². The molecule has 0 spiro atoms. The van der Waals surface area contributed by atoms with Gasteiger partial charge in [-0.05, 0) is 50.6 Å². The lowest BCUT2D eigenvalue weighted by Crippen LogP contribution is -2.13. The van der Waals surface area contributed by atoms with Crippen LogP contribution in [0.5, 0.6) is 5.75 Å². The van der Waals surface area contributed by atoms with Gasteiger partial charge in [-0.25, -0.2) is 0 Å². The summed E-state index contributed by atoms with van der Waals surface area (Å²) in [5.74, 6) is -0.0169. The molecule has 3 aromatic rings. The average Bonchev–Trinajstić information content (AvgIpc) is 3.00. The SMILES string of the molecule is COc1ccc(NC(=O)/C(C#N)=C/c2c(C)nn(Cc3ccc(C)cc3)c2C)cc1Cl. The van der Waals surface area contributed by atoms with Crippen molar-refractivity contribution in [3.8, 4) is 11.8 Å². The fourth-order valence-corrected chi connectivity index (χ4v) is 3.43. The highest BCUT2D eigenvalue weighted by Gasteiger charge is 2.15.